The minimum absolute atomic E-state index is 0.438. The summed E-state index contributed by atoms with van der Waals surface area (Å²) in [5.41, 5.74) is 2.26. The van der Waals surface area contributed by atoms with E-state index < -0.39 is 0 Å². The Balaban J connectivity index is 2.84. The van der Waals surface area contributed by atoms with E-state index in [1.165, 1.54) is 0 Å². The van der Waals surface area contributed by atoms with Crippen LogP contribution in [0.4, 0.5) is 0 Å². The van der Waals surface area contributed by atoms with E-state index in [9.17, 15) is 0 Å². The molecule has 0 amide bonds. The van der Waals surface area contributed by atoms with E-state index in [0.717, 1.165) is 24.2 Å². The predicted molar refractivity (Wildman–Crippen MR) is 63.0 cm³/mol. The van der Waals surface area contributed by atoms with Crippen LogP contribution in [-0.2, 0) is 6.42 Å². The first kappa shape index (κ1) is 12.1. The Bertz CT molecular complexity index is 295. The van der Waals surface area contributed by atoms with Gasteiger partial charge in [0.2, 0.25) is 0 Å². The van der Waals surface area contributed by atoms with E-state index in [4.69, 9.17) is 0 Å². The molecule has 0 saturated heterocycles. The summed E-state index contributed by atoms with van der Waals surface area (Å²) in [6, 6.07) is 2.61. The standard InChI is InChI=1S/C12H21N3/c1-5-10-7-12(15-8-14-10)9(3)11(6-2)13-4/h7-9,11,13H,5-6H2,1-4H3. The van der Waals surface area contributed by atoms with Gasteiger partial charge in [0.1, 0.15) is 6.33 Å². The Kier molecular flexibility index (Phi) is 4.69. The first-order valence-electron chi connectivity index (χ1n) is 5.71. The highest BCUT2D eigenvalue weighted by molar-refractivity contribution is 5.14. The Hall–Kier alpha value is -0.960. The molecule has 1 aromatic rings. The average Bonchev–Trinajstić information content (AvgIpc) is 2.30. The number of aromatic nitrogens is 2. The summed E-state index contributed by atoms with van der Waals surface area (Å²) in [5, 5.41) is 3.33. The second-order valence-electron chi connectivity index (χ2n) is 3.88. The van der Waals surface area contributed by atoms with Crippen LogP contribution in [0.2, 0.25) is 0 Å². The summed E-state index contributed by atoms with van der Waals surface area (Å²) >= 11 is 0. The molecule has 2 unspecified atom stereocenters. The molecule has 1 rings (SSSR count). The average molecular weight is 207 g/mol. The third kappa shape index (κ3) is 2.99. The van der Waals surface area contributed by atoms with E-state index in [0.29, 0.717) is 12.0 Å². The second kappa shape index (κ2) is 5.81. The molecule has 15 heavy (non-hydrogen) atoms. The summed E-state index contributed by atoms with van der Waals surface area (Å²) in [7, 11) is 2.01. The lowest BCUT2D eigenvalue weighted by Gasteiger charge is -2.21. The van der Waals surface area contributed by atoms with Crippen molar-refractivity contribution in [2.45, 2.75) is 45.6 Å². The third-order valence-electron chi connectivity index (χ3n) is 2.99. The molecule has 0 aliphatic heterocycles. The lowest BCUT2D eigenvalue weighted by molar-refractivity contribution is 0.464. The lowest BCUT2D eigenvalue weighted by atomic mass is 9.95. The van der Waals surface area contributed by atoms with E-state index in [-0.39, 0.29) is 0 Å². The highest BCUT2D eigenvalue weighted by Gasteiger charge is 2.16. The minimum atomic E-state index is 0.438. The largest absolute Gasteiger partial charge is 0.316 e. The molecule has 0 aliphatic rings. The molecule has 1 aromatic heterocycles. The van der Waals surface area contributed by atoms with Crippen LogP contribution in [0.15, 0.2) is 12.4 Å². The number of hydrogen-bond donors (Lipinski definition) is 1. The first-order chi connectivity index (χ1) is 7.22. The van der Waals surface area contributed by atoms with Gasteiger partial charge in [-0.2, -0.15) is 0 Å². The van der Waals surface area contributed by atoms with Crippen molar-refractivity contribution in [3.05, 3.63) is 23.8 Å². The molecule has 1 N–H and O–H groups in total. The Morgan fingerprint density at radius 3 is 2.60 bits per heavy atom. The summed E-state index contributed by atoms with van der Waals surface area (Å²) in [6.07, 6.45) is 3.76. The molecule has 1 heterocycles. The van der Waals surface area contributed by atoms with Crippen molar-refractivity contribution in [2.75, 3.05) is 7.05 Å². The molecule has 0 radical (unpaired) electrons. The van der Waals surface area contributed by atoms with Gasteiger partial charge in [0, 0.05) is 23.3 Å². The van der Waals surface area contributed by atoms with E-state index >= 15 is 0 Å². The predicted octanol–water partition coefficient (Wildman–Crippen LogP) is 2.14. The van der Waals surface area contributed by atoms with Gasteiger partial charge in [-0.3, -0.25) is 0 Å². The van der Waals surface area contributed by atoms with Gasteiger partial charge in [-0.25, -0.2) is 9.97 Å². The van der Waals surface area contributed by atoms with Crippen molar-refractivity contribution in [1.29, 1.82) is 0 Å². The lowest BCUT2D eigenvalue weighted by Crippen LogP contribution is -2.30. The monoisotopic (exact) mass is 207 g/mol. The van der Waals surface area contributed by atoms with Gasteiger partial charge in [-0.15, -0.1) is 0 Å². The summed E-state index contributed by atoms with van der Waals surface area (Å²) in [6.45, 7) is 6.53. The topological polar surface area (TPSA) is 37.8 Å². The highest BCUT2D eigenvalue weighted by atomic mass is 14.9. The Morgan fingerprint density at radius 2 is 2.07 bits per heavy atom. The quantitative estimate of drug-likeness (QED) is 0.804. The maximum Gasteiger partial charge on any atom is 0.115 e. The van der Waals surface area contributed by atoms with Gasteiger partial charge in [0.25, 0.3) is 0 Å². The van der Waals surface area contributed by atoms with Crippen molar-refractivity contribution >= 4 is 0 Å². The molecule has 0 saturated carbocycles. The maximum absolute atomic E-state index is 4.35. The van der Waals surface area contributed by atoms with Crippen molar-refractivity contribution in [2.24, 2.45) is 0 Å². The fourth-order valence-corrected chi connectivity index (χ4v) is 1.87. The molecular weight excluding hydrogens is 186 g/mol. The molecule has 0 fully saturated rings. The molecule has 2 atom stereocenters. The first-order valence-corrected chi connectivity index (χ1v) is 5.71. The van der Waals surface area contributed by atoms with E-state index in [1.807, 2.05) is 7.05 Å². The van der Waals surface area contributed by atoms with Crippen molar-refractivity contribution in [3.8, 4) is 0 Å². The smallest absolute Gasteiger partial charge is 0.115 e. The van der Waals surface area contributed by atoms with Crippen LogP contribution in [-0.4, -0.2) is 23.1 Å². The van der Waals surface area contributed by atoms with Gasteiger partial charge in [-0.1, -0.05) is 20.8 Å². The summed E-state index contributed by atoms with van der Waals surface area (Å²) in [5.74, 6) is 0.438. The zero-order chi connectivity index (χ0) is 11.3. The molecular formula is C12H21N3. The van der Waals surface area contributed by atoms with Crippen molar-refractivity contribution in [3.63, 3.8) is 0 Å². The number of nitrogens with zero attached hydrogens (tertiary/aromatic N) is 2. The van der Waals surface area contributed by atoms with Crippen molar-refractivity contribution < 1.29 is 0 Å². The van der Waals surface area contributed by atoms with Crippen LogP contribution in [0.25, 0.3) is 0 Å². The fraction of sp³-hybridized carbons (Fsp3) is 0.667. The highest BCUT2D eigenvalue weighted by Crippen LogP contribution is 2.19. The SMILES string of the molecule is CCc1cc(C(C)C(CC)NC)ncn1. The fourth-order valence-electron chi connectivity index (χ4n) is 1.87. The Labute approximate surface area is 92.3 Å². The van der Waals surface area contributed by atoms with E-state index in [1.54, 1.807) is 6.33 Å². The normalized spacial score (nSPS) is 14.9. The zero-order valence-corrected chi connectivity index (χ0v) is 10.1. The van der Waals surface area contributed by atoms with Gasteiger partial charge >= 0.3 is 0 Å². The summed E-state index contributed by atoms with van der Waals surface area (Å²) in [4.78, 5) is 8.57. The number of rotatable bonds is 5. The molecule has 0 bridgehead atoms. The Morgan fingerprint density at radius 1 is 1.33 bits per heavy atom. The molecule has 0 aliphatic carbocycles. The van der Waals surface area contributed by atoms with Gasteiger partial charge in [0.05, 0.1) is 0 Å². The van der Waals surface area contributed by atoms with Crippen molar-refractivity contribution in [1.82, 2.24) is 15.3 Å². The zero-order valence-electron chi connectivity index (χ0n) is 10.1. The van der Waals surface area contributed by atoms with Crippen LogP contribution >= 0.6 is 0 Å². The number of hydrogen-bond acceptors (Lipinski definition) is 3. The van der Waals surface area contributed by atoms with Crippen LogP contribution in [0.1, 0.15) is 44.5 Å². The molecule has 3 nitrogen and oxygen atoms in total. The number of likely N-dealkylation sites (N-methyl/N-ethyl adjacent to an activating group) is 1. The van der Waals surface area contributed by atoms with Gasteiger partial charge < -0.3 is 5.32 Å². The maximum atomic E-state index is 4.35. The molecule has 0 spiro atoms. The number of aryl methyl sites for hydroxylation is 1. The molecule has 84 valence electrons. The minimum Gasteiger partial charge on any atom is -0.316 e. The van der Waals surface area contributed by atoms with Gasteiger partial charge in [0.15, 0.2) is 0 Å². The van der Waals surface area contributed by atoms with E-state index in [2.05, 4.69) is 42.1 Å². The molecule has 3 heteroatoms. The number of nitrogens with one attached hydrogen (secondary N) is 1. The van der Waals surface area contributed by atoms with Crippen LogP contribution in [0.3, 0.4) is 0 Å². The second-order valence-corrected chi connectivity index (χ2v) is 3.88. The van der Waals surface area contributed by atoms with Crippen LogP contribution < -0.4 is 5.32 Å². The van der Waals surface area contributed by atoms with Crippen LogP contribution in [0, 0.1) is 0 Å². The third-order valence-corrected chi connectivity index (χ3v) is 2.99. The molecule has 0 aromatic carbocycles. The van der Waals surface area contributed by atoms with Gasteiger partial charge in [-0.05, 0) is 26.0 Å². The van der Waals surface area contributed by atoms with Crippen LogP contribution in [0.5, 0.6) is 0 Å². The summed E-state index contributed by atoms with van der Waals surface area (Å²) < 4.78 is 0.